The van der Waals surface area contributed by atoms with Gasteiger partial charge < -0.3 is 10.2 Å². The fourth-order valence-electron chi connectivity index (χ4n) is 2.13. The van der Waals surface area contributed by atoms with E-state index in [4.69, 9.17) is 0 Å². The van der Waals surface area contributed by atoms with Gasteiger partial charge in [-0.2, -0.15) is 0 Å². The number of hydrogen-bond acceptors (Lipinski definition) is 2. The van der Waals surface area contributed by atoms with Gasteiger partial charge in [-0.3, -0.25) is 4.98 Å². The Bertz CT molecular complexity index is 596. The molecular formula is C17H21N3O. The minimum absolute atomic E-state index is 0.131. The fraction of sp³-hybridized carbons (Fsp3) is 0.294. The van der Waals surface area contributed by atoms with Crippen LogP contribution >= 0.6 is 0 Å². The molecular weight excluding hydrogens is 262 g/mol. The molecule has 0 aliphatic carbocycles. The summed E-state index contributed by atoms with van der Waals surface area (Å²) in [6.45, 7) is 4.71. The van der Waals surface area contributed by atoms with Crippen LogP contribution in [0.2, 0.25) is 0 Å². The van der Waals surface area contributed by atoms with Crippen molar-refractivity contribution in [3.05, 3.63) is 59.9 Å². The van der Waals surface area contributed by atoms with E-state index in [0.717, 1.165) is 16.9 Å². The average molecular weight is 283 g/mol. The highest BCUT2D eigenvalue weighted by Crippen LogP contribution is 2.23. The van der Waals surface area contributed by atoms with E-state index in [9.17, 15) is 4.79 Å². The SMILES string of the molecule is CC(C)c1ccccc1NC(=O)N(C)Cc1ccccn1. The number of aromatic nitrogens is 1. The highest BCUT2D eigenvalue weighted by Gasteiger charge is 2.13. The zero-order chi connectivity index (χ0) is 15.2. The molecule has 4 nitrogen and oxygen atoms in total. The Hall–Kier alpha value is -2.36. The third-order valence-corrected chi connectivity index (χ3v) is 3.30. The number of hydrogen-bond donors (Lipinski definition) is 1. The third kappa shape index (κ3) is 4.05. The minimum Gasteiger partial charge on any atom is -0.322 e. The second-order valence-electron chi connectivity index (χ2n) is 5.35. The van der Waals surface area contributed by atoms with Crippen molar-refractivity contribution in [2.45, 2.75) is 26.3 Å². The van der Waals surface area contributed by atoms with Crippen molar-refractivity contribution < 1.29 is 4.79 Å². The molecule has 21 heavy (non-hydrogen) atoms. The maximum absolute atomic E-state index is 12.3. The largest absolute Gasteiger partial charge is 0.322 e. The molecule has 4 heteroatoms. The molecule has 0 aliphatic heterocycles. The molecule has 0 bridgehead atoms. The summed E-state index contributed by atoms with van der Waals surface area (Å²) in [6, 6.07) is 13.5. The van der Waals surface area contributed by atoms with E-state index in [-0.39, 0.29) is 6.03 Å². The second-order valence-corrected chi connectivity index (χ2v) is 5.35. The number of carbonyl (C=O) groups is 1. The van der Waals surface area contributed by atoms with Crippen molar-refractivity contribution in [3.8, 4) is 0 Å². The predicted molar refractivity (Wildman–Crippen MR) is 85.3 cm³/mol. The maximum atomic E-state index is 12.3. The number of carbonyl (C=O) groups excluding carboxylic acids is 1. The van der Waals surface area contributed by atoms with E-state index in [2.05, 4.69) is 24.1 Å². The number of nitrogens with one attached hydrogen (secondary N) is 1. The van der Waals surface area contributed by atoms with Crippen LogP contribution in [-0.4, -0.2) is 23.0 Å². The van der Waals surface area contributed by atoms with Gasteiger partial charge in [-0.25, -0.2) is 4.79 Å². The molecule has 2 amide bonds. The number of rotatable bonds is 4. The zero-order valence-electron chi connectivity index (χ0n) is 12.7. The van der Waals surface area contributed by atoms with E-state index < -0.39 is 0 Å². The van der Waals surface area contributed by atoms with Crippen molar-refractivity contribution in [1.82, 2.24) is 9.88 Å². The summed E-state index contributed by atoms with van der Waals surface area (Å²) < 4.78 is 0. The summed E-state index contributed by atoms with van der Waals surface area (Å²) in [5, 5.41) is 2.97. The molecule has 110 valence electrons. The van der Waals surface area contributed by atoms with Crippen LogP contribution < -0.4 is 5.32 Å². The standard InChI is InChI=1S/C17H21N3O/c1-13(2)15-9-4-5-10-16(15)19-17(21)20(3)12-14-8-6-7-11-18-14/h4-11,13H,12H2,1-3H3,(H,19,21). The summed E-state index contributed by atoms with van der Waals surface area (Å²) in [5.41, 5.74) is 2.87. The van der Waals surface area contributed by atoms with Crippen molar-refractivity contribution in [2.24, 2.45) is 0 Å². The summed E-state index contributed by atoms with van der Waals surface area (Å²) in [4.78, 5) is 18.1. The fourth-order valence-corrected chi connectivity index (χ4v) is 2.13. The highest BCUT2D eigenvalue weighted by atomic mass is 16.2. The molecule has 0 saturated heterocycles. The first-order valence-electron chi connectivity index (χ1n) is 7.09. The first kappa shape index (κ1) is 15.0. The van der Waals surface area contributed by atoms with Gasteiger partial charge in [-0.15, -0.1) is 0 Å². The number of para-hydroxylation sites is 1. The number of urea groups is 1. The van der Waals surface area contributed by atoms with E-state index >= 15 is 0 Å². The molecule has 1 aromatic carbocycles. The van der Waals surface area contributed by atoms with Crippen LogP contribution in [0.4, 0.5) is 10.5 Å². The second kappa shape index (κ2) is 6.88. The normalized spacial score (nSPS) is 10.5. The molecule has 1 heterocycles. The summed E-state index contributed by atoms with van der Waals surface area (Å²) in [5.74, 6) is 0.364. The van der Waals surface area contributed by atoms with Gasteiger partial charge in [-0.1, -0.05) is 38.1 Å². The van der Waals surface area contributed by atoms with Crippen molar-refractivity contribution in [2.75, 3.05) is 12.4 Å². The minimum atomic E-state index is -0.131. The monoisotopic (exact) mass is 283 g/mol. The molecule has 2 rings (SSSR count). The van der Waals surface area contributed by atoms with E-state index in [1.807, 2.05) is 42.5 Å². The molecule has 0 aliphatic rings. The van der Waals surface area contributed by atoms with Crippen molar-refractivity contribution in [1.29, 1.82) is 0 Å². The summed E-state index contributed by atoms with van der Waals surface area (Å²) in [7, 11) is 1.77. The van der Waals surface area contributed by atoms with Crippen LogP contribution in [0.25, 0.3) is 0 Å². The first-order chi connectivity index (χ1) is 10.1. The topological polar surface area (TPSA) is 45.2 Å². The Kier molecular flexibility index (Phi) is 4.93. The van der Waals surface area contributed by atoms with Gasteiger partial charge in [-0.05, 0) is 29.7 Å². The Morgan fingerprint density at radius 3 is 2.57 bits per heavy atom. The Balaban J connectivity index is 2.04. The Labute approximate surface area is 125 Å². The quantitative estimate of drug-likeness (QED) is 0.925. The van der Waals surface area contributed by atoms with Crippen LogP contribution in [0, 0.1) is 0 Å². The van der Waals surface area contributed by atoms with Gasteiger partial charge in [0.05, 0.1) is 12.2 Å². The van der Waals surface area contributed by atoms with Gasteiger partial charge in [0.25, 0.3) is 0 Å². The predicted octanol–water partition coefficient (Wildman–Crippen LogP) is 3.87. The van der Waals surface area contributed by atoms with Crippen molar-refractivity contribution in [3.63, 3.8) is 0 Å². The third-order valence-electron chi connectivity index (χ3n) is 3.30. The lowest BCUT2D eigenvalue weighted by Gasteiger charge is -2.20. The molecule has 0 fully saturated rings. The Morgan fingerprint density at radius 1 is 1.19 bits per heavy atom. The zero-order valence-corrected chi connectivity index (χ0v) is 12.7. The lowest BCUT2D eigenvalue weighted by molar-refractivity contribution is 0.220. The molecule has 1 aromatic heterocycles. The van der Waals surface area contributed by atoms with Crippen LogP contribution in [0.1, 0.15) is 31.0 Å². The molecule has 0 saturated carbocycles. The lowest BCUT2D eigenvalue weighted by Crippen LogP contribution is -2.31. The summed E-state index contributed by atoms with van der Waals surface area (Å²) in [6.07, 6.45) is 1.73. The molecule has 0 unspecified atom stereocenters. The number of anilines is 1. The number of benzene rings is 1. The van der Waals surface area contributed by atoms with Gasteiger partial charge in [0.15, 0.2) is 0 Å². The van der Waals surface area contributed by atoms with Crippen LogP contribution in [0.15, 0.2) is 48.7 Å². The number of nitrogens with zero attached hydrogens (tertiary/aromatic N) is 2. The molecule has 1 N–H and O–H groups in total. The van der Waals surface area contributed by atoms with E-state index in [1.54, 1.807) is 18.1 Å². The number of amides is 2. The number of pyridine rings is 1. The summed E-state index contributed by atoms with van der Waals surface area (Å²) >= 11 is 0. The molecule has 0 atom stereocenters. The van der Waals surface area contributed by atoms with Gasteiger partial charge in [0, 0.05) is 18.9 Å². The van der Waals surface area contributed by atoms with E-state index in [0.29, 0.717) is 12.5 Å². The average Bonchev–Trinajstić information content (AvgIpc) is 2.48. The van der Waals surface area contributed by atoms with Crippen LogP contribution in [0.5, 0.6) is 0 Å². The van der Waals surface area contributed by atoms with Gasteiger partial charge in [0.1, 0.15) is 0 Å². The van der Waals surface area contributed by atoms with Crippen LogP contribution in [-0.2, 0) is 6.54 Å². The maximum Gasteiger partial charge on any atom is 0.321 e. The highest BCUT2D eigenvalue weighted by molar-refractivity contribution is 5.90. The molecule has 0 radical (unpaired) electrons. The molecule has 2 aromatic rings. The lowest BCUT2D eigenvalue weighted by atomic mass is 10.0. The van der Waals surface area contributed by atoms with Gasteiger partial charge >= 0.3 is 6.03 Å². The van der Waals surface area contributed by atoms with E-state index in [1.165, 1.54) is 0 Å². The van der Waals surface area contributed by atoms with Crippen molar-refractivity contribution >= 4 is 11.7 Å². The Morgan fingerprint density at radius 2 is 1.90 bits per heavy atom. The van der Waals surface area contributed by atoms with Gasteiger partial charge in [0.2, 0.25) is 0 Å². The van der Waals surface area contributed by atoms with Crippen LogP contribution in [0.3, 0.4) is 0 Å². The molecule has 0 spiro atoms. The smallest absolute Gasteiger partial charge is 0.321 e. The first-order valence-corrected chi connectivity index (χ1v) is 7.09.